The number of para-hydroxylation sites is 1. The van der Waals surface area contributed by atoms with Gasteiger partial charge in [0, 0.05) is 12.1 Å². The van der Waals surface area contributed by atoms with Crippen molar-refractivity contribution in [2.75, 3.05) is 0 Å². The van der Waals surface area contributed by atoms with Gasteiger partial charge < -0.3 is 5.73 Å². The van der Waals surface area contributed by atoms with E-state index in [0.29, 0.717) is 29.8 Å². The van der Waals surface area contributed by atoms with Gasteiger partial charge in [-0.05, 0) is 36.2 Å². The lowest BCUT2D eigenvalue weighted by atomic mass is 10.1. The third kappa shape index (κ3) is 3.39. The number of hydrogen-bond donors (Lipinski definition) is 1. The van der Waals surface area contributed by atoms with Gasteiger partial charge in [-0.15, -0.1) is 0 Å². The predicted molar refractivity (Wildman–Crippen MR) is 110 cm³/mol. The molecule has 4 aromatic rings. The van der Waals surface area contributed by atoms with E-state index in [9.17, 15) is 4.79 Å². The number of nitrogens with zero attached hydrogens (tertiary/aromatic N) is 2. The zero-order chi connectivity index (χ0) is 18.8. The number of aromatic nitrogens is 2. The minimum Gasteiger partial charge on any atom is -0.326 e. The van der Waals surface area contributed by atoms with Crippen molar-refractivity contribution in [3.05, 3.63) is 99.8 Å². The number of hydrogen-bond acceptors (Lipinski definition) is 3. The Morgan fingerprint density at radius 1 is 0.926 bits per heavy atom. The van der Waals surface area contributed by atoms with Crippen LogP contribution >= 0.6 is 0 Å². The van der Waals surface area contributed by atoms with Crippen molar-refractivity contribution in [3.63, 3.8) is 0 Å². The molecule has 0 atom stereocenters. The summed E-state index contributed by atoms with van der Waals surface area (Å²) in [6, 6.07) is 23.6. The zero-order valence-electron chi connectivity index (χ0n) is 15.2. The average molecular weight is 355 g/mol. The van der Waals surface area contributed by atoms with E-state index >= 15 is 0 Å². The first-order valence-electron chi connectivity index (χ1n) is 9.00. The minimum atomic E-state index is -0.0322. The summed E-state index contributed by atoms with van der Waals surface area (Å²) in [7, 11) is 0. The molecule has 1 aromatic heterocycles. The van der Waals surface area contributed by atoms with Crippen LogP contribution in [0.4, 0.5) is 0 Å². The SMILES string of the molecule is Cc1cccc(-c2nc3ccccc3c(=O)n2Cc2cccc(CN)c2)c1. The van der Waals surface area contributed by atoms with Crippen LogP contribution in [0.25, 0.3) is 22.3 Å². The summed E-state index contributed by atoms with van der Waals surface area (Å²) < 4.78 is 1.76. The van der Waals surface area contributed by atoms with Gasteiger partial charge in [-0.25, -0.2) is 4.98 Å². The van der Waals surface area contributed by atoms with Crippen LogP contribution in [0.2, 0.25) is 0 Å². The maximum absolute atomic E-state index is 13.3. The van der Waals surface area contributed by atoms with Crippen molar-refractivity contribution < 1.29 is 0 Å². The van der Waals surface area contributed by atoms with Crippen molar-refractivity contribution in [1.29, 1.82) is 0 Å². The van der Waals surface area contributed by atoms with Crippen LogP contribution in [0.5, 0.6) is 0 Å². The van der Waals surface area contributed by atoms with Gasteiger partial charge in [0.2, 0.25) is 0 Å². The van der Waals surface area contributed by atoms with Gasteiger partial charge in [-0.3, -0.25) is 9.36 Å². The van der Waals surface area contributed by atoms with Gasteiger partial charge in [-0.1, -0.05) is 60.2 Å². The first-order chi connectivity index (χ1) is 13.2. The molecule has 4 rings (SSSR count). The number of aryl methyl sites for hydroxylation is 1. The van der Waals surface area contributed by atoms with E-state index in [2.05, 4.69) is 6.07 Å². The summed E-state index contributed by atoms with van der Waals surface area (Å²) >= 11 is 0. The van der Waals surface area contributed by atoms with Crippen molar-refractivity contribution in [2.45, 2.75) is 20.0 Å². The Labute approximate surface area is 157 Å². The van der Waals surface area contributed by atoms with Crippen LogP contribution in [0.1, 0.15) is 16.7 Å². The molecule has 1 heterocycles. The van der Waals surface area contributed by atoms with Crippen molar-refractivity contribution in [2.24, 2.45) is 5.73 Å². The molecule has 0 bridgehead atoms. The average Bonchev–Trinajstić information content (AvgIpc) is 2.70. The summed E-state index contributed by atoms with van der Waals surface area (Å²) in [6.07, 6.45) is 0. The molecule has 4 nitrogen and oxygen atoms in total. The number of benzene rings is 3. The summed E-state index contributed by atoms with van der Waals surface area (Å²) in [5.41, 5.74) is 10.6. The molecular weight excluding hydrogens is 334 g/mol. The first kappa shape index (κ1) is 17.2. The molecule has 3 aromatic carbocycles. The highest BCUT2D eigenvalue weighted by atomic mass is 16.1. The van der Waals surface area contributed by atoms with Gasteiger partial charge in [0.15, 0.2) is 0 Å². The van der Waals surface area contributed by atoms with Crippen LogP contribution in [-0.4, -0.2) is 9.55 Å². The van der Waals surface area contributed by atoms with E-state index in [1.807, 2.05) is 73.7 Å². The molecule has 2 N–H and O–H groups in total. The molecule has 0 fully saturated rings. The molecule has 0 aliphatic heterocycles. The Hall–Kier alpha value is -3.24. The van der Waals surface area contributed by atoms with Gasteiger partial charge >= 0.3 is 0 Å². The van der Waals surface area contributed by atoms with Crippen LogP contribution in [0.3, 0.4) is 0 Å². The molecule has 0 unspecified atom stereocenters. The normalized spacial score (nSPS) is 11.0. The third-order valence-electron chi connectivity index (χ3n) is 4.71. The monoisotopic (exact) mass is 355 g/mol. The Morgan fingerprint density at radius 2 is 1.70 bits per heavy atom. The smallest absolute Gasteiger partial charge is 0.261 e. The number of fused-ring (bicyclic) bond motifs is 1. The van der Waals surface area contributed by atoms with Gasteiger partial charge in [-0.2, -0.15) is 0 Å². The lowest BCUT2D eigenvalue weighted by Gasteiger charge is -2.15. The summed E-state index contributed by atoms with van der Waals surface area (Å²) in [4.78, 5) is 18.1. The lowest BCUT2D eigenvalue weighted by molar-refractivity contribution is 0.758. The molecule has 0 aliphatic carbocycles. The van der Waals surface area contributed by atoms with Crippen molar-refractivity contribution in [3.8, 4) is 11.4 Å². The maximum atomic E-state index is 13.3. The molecule has 0 spiro atoms. The fourth-order valence-corrected chi connectivity index (χ4v) is 3.36. The van der Waals surface area contributed by atoms with E-state index in [-0.39, 0.29) is 5.56 Å². The van der Waals surface area contributed by atoms with Crippen LogP contribution < -0.4 is 11.3 Å². The van der Waals surface area contributed by atoms with Crippen LogP contribution in [-0.2, 0) is 13.1 Å². The third-order valence-corrected chi connectivity index (χ3v) is 4.71. The second kappa shape index (κ2) is 7.17. The lowest BCUT2D eigenvalue weighted by Crippen LogP contribution is -2.24. The van der Waals surface area contributed by atoms with Crippen LogP contribution in [0, 0.1) is 6.92 Å². The van der Waals surface area contributed by atoms with Crippen LogP contribution in [0.15, 0.2) is 77.6 Å². The molecular formula is C23H21N3O. The van der Waals surface area contributed by atoms with E-state index < -0.39 is 0 Å². The molecule has 0 amide bonds. The molecule has 0 aliphatic rings. The Kier molecular flexibility index (Phi) is 4.57. The highest BCUT2D eigenvalue weighted by molar-refractivity contribution is 5.79. The molecule has 27 heavy (non-hydrogen) atoms. The highest BCUT2D eigenvalue weighted by Crippen LogP contribution is 2.21. The number of rotatable bonds is 4. The Balaban J connectivity index is 1.95. The standard InChI is InChI=1S/C23H21N3O/c1-16-6-4-9-19(12-16)22-25-21-11-3-2-10-20(21)23(27)26(22)15-18-8-5-7-17(13-18)14-24/h2-13H,14-15,24H2,1H3. The molecule has 0 saturated carbocycles. The van der Waals surface area contributed by atoms with E-state index in [0.717, 1.165) is 22.3 Å². The maximum Gasteiger partial charge on any atom is 0.261 e. The summed E-state index contributed by atoms with van der Waals surface area (Å²) in [6.45, 7) is 2.97. The molecule has 0 saturated heterocycles. The highest BCUT2D eigenvalue weighted by Gasteiger charge is 2.13. The molecule has 134 valence electrons. The number of nitrogens with two attached hydrogens (primary N) is 1. The zero-order valence-corrected chi connectivity index (χ0v) is 15.2. The Morgan fingerprint density at radius 3 is 2.52 bits per heavy atom. The first-order valence-corrected chi connectivity index (χ1v) is 9.00. The fraction of sp³-hybridized carbons (Fsp3) is 0.130. The minimum absolute atomic E-state index is 0.0322. The fourth-order valence-electron chi connectivity index (χ4n) is 3.36. The van der Waals surface area contributed by atoms with E-state index in [1.54, 1.807) is 4.57 Å². The van der Waals surface area contributed by atoms with Gasteiger partial charge in [0.1, 0.15) is 5.82 Å². The largest absolute Gasteiger partial charge is 0.326 e. The van der Waals surface area contributed by atoms with Crippen molar-refractivity contribution >= 4 is 10.9 Å². The second-order valence-corrected chi connectivity index (χ2v) is 6.74. The Bertz CT molecular complexity index is 1180. The topological polar surface area (TPSA) is 60.9 Å². The van der Waals surface area contributed by atoms with E-state index in [1.165, 1.54) is 0 Å². The van der Waals surface area contributed by atoms with Gasteiger partial charge in [0.05, 0.1) is 17.4 Å². The predicted octanol–water partition coefficient (Wildman–Crippen LogP) is 3.88. The van der Waals surface area contributed by atoms with Crippen molar-refractivity contribution in [1.82, 2.24) is 9.55 Å². The summed E-state index contributed by atoms with van der Waals surface area (Å²) in [5, 5.41) is 0.629. The second-order valence-electron chi connectivity index (χ2n) is 6.74. The quantitative estimate of drug-likeness (QED) is 0.604. The van der Waals surface area contributed by atoms with Gasteiger partial charge in [0.25, 0.3) is 5.56 Å². The molecule has 0 radical (unpaired) electrons. The molecule has 4 heteroatoms. The summed E-state index contributed by atoms with van der Waals surface area (Å²) in [5.74, 6) is 0.681. The van der Waals surface area contributed by atoms with E-state index in [4.69, 9.17) is 10.7 Å².